The molecular weight excluding hydrogens is 284 g/mol. The molecule has 1 fully saturated rings. The molecule has 1 saturated carbocycles. The van der Waals surface area contributed by atoms with Gasteiger partial charge >= 0.3 is 0 Å². The van der Waals surface area contributed by atoms with Crippen LogP contribution in [0.3, 0.4) is 0 Å². The highest BCUT2D eigenvalue weighted by atomic mass is 16.5. The van der Waals surface area contributed by atoms with E-state index in [-0.39, 0.29) is 11.4 Å². The predicted molar refractivity (Wildman–Crippen MR) is 73.5 cm³/mol. The first-order chi connectivity index (χ1) is 10.5. The Hall–Kier alpha value is -3.19. The van der Waals surface area contributed by atoms with Crippen molar-refractivity contribution in [3.05, 3.63) is 29.8 Å². The molecule has 7 nitrogen and oxygen atoms in total. The van der Waals surface area contributed by atoms with Crippen LogP contribution in [-0.2, 0) is 4.79 Å². The standard InChI is InChI=1S/C15H10N4O3/c1-22-9-4-2-8(3-5-9)10(20)11-14(6-16)12(18)19-13(21)15(11,14)7-17/h2-5,11H,1H3,(H2,18,19,21)/t11-,14-,15-/m1/s1. The molecule has 2 aliphatic rings. The van der Waals surface area contributed by atoms with E-state index in [0.29, 0.717) is 5.75 Å². The second-order valence-electron chi connectivity index (χ2n) is 5.17. The number of ether oxygens (including phenoxy) is 1. The van der Waals surface area contributed by atoms with Gasteiger partial charge in [0.25, 0.3) is 5.91 Å². The summed E-state index contributed by atoms with van der Waals surface area (Å²) in [4.78, 5) is 28.1. The van der Waals surface area contributed by atoms with Gasteiger partial charge in [0.2, 0.25) is 0 Å². The minimum atomic E-state index is -1.79. The van der Waals surface area contributed by atoms with Crippen molar-refractivity contribution in [3.63, 3.8) is 0 Å². The molecule has 0 bridgehead atoms. The van der Waals surface area contributed by atoms with E-state index in [2.05, 4.69) is 4.99 Å². The molecule has 0 radical (unpaired) electrons. The van der Waals surface area contributed by atoms with Gasteiger partial charge in [-0.1, -0.05) is 0 Å². The van der Waals surface area contributed by atoms with E-state index >= 15 is 0 Å². The average molecular weight is 294 g/mol. The summed E-state index contributed by atoms with van der Waals surface area (Å²) >= 11 is 0. The number of nitrogens with zero attached hydrogens (tertiary/aromatic N) is 3. The first kappa shape index (κ1) is 13.8. The predicted octanol–water partition coefficient (Wildman–Crippen LogP) is 0.425. The Labute approximate surface area is 125 Å². The molecule has 0 saturated heterocycles. The lowest BCUT2D eigenvalue weighted by molar-refractivity contribution is -0.121. The number of nitrogens with two attached hydrogens (primary N) is 1. The number of hydrogen-bond donors (Lipinski definition) is 1. The molecule has 2 N–H and O–H groups in total. The molecule has 7 heteroatoms. The summed E-state index contributed by atoms with van der Waals surface area (Å²) in [5, 5.41) is 18.8. The maximum Gasteiger partial charge on any atom is 0.270 e. The number of amides is 1. The monoisotopic (exact) mass is 294 g/mol. The van der Waals surface area contributed by atoms with Crippen LogP contribution in [0.1, 0.15) is 10.4 Å². The Morgan fingerprint density at radius 1 is 1.27 bits per heavy atom. The Morgan fingerprint density at radius 3 is 2.32 bits per heavy atom. The third kappa shape index (κ3) is 1.26. The number of aliphatic imine (C=N–C) groups is 1. The Morgan fingerprint density at radius 2 is 1.86 bits per heavy atom. The molecule has 1 aromatic rings. The number of ketones is 1. The number of nitriles is 2. The molecule has 22 heavy (non-hydrogen) atoms. The van der Waals surface area contributed by atoms with Crippen LogP contribution in [0.2, 0.25) is 0 Å². The van der Waals surface area contributed by atoms with Crippen LogP contribution in [0, 0.1) is 39.4 Å². The van der Waals surface area contributed by atoms with Crippen molar-refractivity contribution >= 4 is 17.5 Å². The van der Waals surface area contributed by atoms with Crippen molar-refractivity contribution in [2.24, 2.45) is 27.5 Å². The highest BCUT2D eigenvalue weighted by Gasteiger charge is 2.90. The van der Waals surface area contributed by atoms with E-state index < -0.39 is 28.4 Å². The maximum absolute atomic E-state index is 12.6. The van der Waals surface area contributed by atoms with E-state index in [9.17, 15) is 20.1 Å². The quantitative estimate of drug-likeness (QED) is 0.804. The molecular formula is C15H10N4O3. The summed E-state index contributed by atoms with van der Waals surface area (Å²) in [6.07, 6.45) is 0. The first-order valence-electron chi connectivity index (χ1n) is 6.39. The van der Waals surface area contributed by atoms with Crippen LogP contribution in [-0.4, -0.2) is 24.6 Å². The summed E-state index contributed by atoms with van der Waals surface area (Å²) in [6, 6.07) is 9.87. The maximum atomic E-state index is 12.6. The van der Waals surface area contributed by atoms with Gasteiger partial charge in [0, 0.05) is 5.56 Å². The zero-order valence-electron chi connectivity index (χ0n) is 11.5. The fourth-order valence-electron chi connectivity index (χ4n) is 3.13. The van der Waals surface area contributed by atoms with Crippen molar-refractivity contribution in [1.29, 1.82) is 10.5 Å². The molecule has 3 atom stereocenters. The van der Waals surface area contributed by atoms with Crippen LogP contribution in [0.4, 0.5) is 0 Å². The molecule has 1 aromatic carbocycles. The number of carbonyl (C=O) groups excluding carboxylic acids is 2. The summed E-state index contributed by atoms with van der Waals surface area (Å²) in [5.41, 5.74) is 2.50. The molecule has 0 aromatic heterocycles. The highest BCUT2D eigenvalue weighted by Crippen LogP contribution is 2.72. The Bertz CT molecular complexity index is 815. The Kier molecular flexibility index (Phi) is 2.60. The minimum Gasteiger partial charge on any atom is -0.497 e. The van der Waals surface area contributed by atoms with E-state index in [1.807, 2.05) is 6.07 Å². The smallest absolute Gasteiger partial charge is 0.270 e. The second-order valence-corrected chi connectivity index (χ2v) is 5.17. The normalized spacial score (nSPS) is 31.5. The van der Waals surface area contributed by atoms with Crippen LogP contribution >= 0.6 is 0 Å². The lowest BCUT2D eigenvalue weighted by Gasteiger charge is -2.06. The van der Waals surface area contributed by atoms with E-state index in [1.165, 1.54) is 19.2 Å². The SMILES string of the molecule is COc1ccc(C(=O)[C@H]2[C@]3(C#N)C(=O)N=C(N)[C@@]23C#N)cc1. The molecule has 1 aliphatic carbocycles. The van der Waals surface area contributed by atoms with Crippen molar-refractivity contribution < 1.29 is 14.3 Å². The molecule has 1 aliphatic heterocycles. The zero-order chi connectivity index (χ0) is 16.1. The fraction of sp³-hybridized carbons (Fsp3) is 0.267. The third-order valence-corrected chi connectivity index (χ3v) is 4.36. The van der Waals surface area contributed by atoms with Gasteiger partial charge in [0.05, 0.1) is 25.2 Å². The molecule has 0 spiro atoms. The van der Waals surface area contributed by atoms with Gasteiger partial charge in [0.15, 0.2) is 16.6 Å². The van der Waals surface area contributed by atoms with Crippen molar-refractivity contribution in [2.75, 3.05) is 7.11 Å². The lowest BCUT2D eigenvalue weighted by Crippen LogP contribution is -2.27. The van der Waals surface area contributed by atoms with Gasteiger partial charge < -0.3 is 10.5 Å². The van der Waals surface area contributed by atoms with Gasteiger partial charge in [-0.3, -0.25) is 9.59 Å². The number of rotatable bonds is 3. The molecule has 108 valence electrons. The second kappa shape index (κ2) is 4.15. The molecule has 1 amide bonds. The molecule has 0 unspecified atom stereocenters. The first-order valence-corrected chi connectivity index (χ1v) is 6.39. The fourth-order valence-corrected chi connectivity index (χ4v) is 3.13. The van der Waals surface area contributed by atoms with E-state index in [1.54, 1.807) is 18.2 Å². The van der Waals surface area contributed by atoms with Gasteiger partial charge in [-0.25, -0.2) is 0 Å². The van der Waals surface area contributed by atoms with Crippen molar-refractivity contribution in [1.82, 2.24) is 0 Å². The van der Waals surface area contributed by atoms with Crippen molar-refractivity contribution in [2.45, 2.75) is 0 Å². The number of amidine groups is 1. The molecule has 3 rings (SSSR count). The third-order valence-electron chi connectivity index (χ3n) is 4.36. The topological polar surface area (TPSA) is 129 Å². The summed E-state index contributed by atoms with van der Waals surface area (Å²) in [5.74, 6) is -2.10. The van der Waals surface area contributed by atoms with Crippen LogP contribution in [0.15, 0.2) is 29.3 Å². The number of fused-ring (bicyclic) bond motifs is 1. The molecule has 1 heterocycles. The summed E-state index contributed by atoms with van der Waals surface area (Å²) in [6.45, 7) is 0. The van der Waals surface area contributed by atoms with E-state index in [4.69, 9.17) is 10.5 Å². The van der Waals surface area contributed by atoms with E-state index in [0.717, 1.165) is 0 Å². The number of carbonyl (C=O) groups is 2. The Balaban J connectivity index is 2.05. The summed E-state index contributed by atoms with van der Waals surface area (Å²) in [7, 11) is 1.49. The van der Waals surface area contributed by atoms with Crippen molar-refractivity contribution in [3.8, 4) is 17.9 Å². The summed E-state index contributed by atoms with van der Waals surface area (Å²) < 4.78 is 5.01. The number of benzene rings is 1. The average Bonchev–Trinajstić information content (AvgIpc) is 3.12. The van der Waals surface area contributed by atoms with Gasteiger partial charge in [0.1, 0.15) is 11.6 Å². The van der Waals surface area contributed by atoms with Gasteiger partial charge in [-0.05, 0) is 24.3 Å². The number of Topliss-reactive ketones (excluding diaryl/α,β-unsaturated/α-hetero) is 1. The van der Waals surface area contributed by atoms with Gasteiger partial charge in [-0.15, -0.1) is 0 Å². The zero-order valence-corrected chi connectivity index (χ0v) is 11.5. The largest absolute Gasteiger partial charge is 0.497 e. The van der Waals surface area contributed by atoms with Crippen LogP contribution < -0.4 is 10.5 Å². The number of hydrogen-bond acceptors (Lipinski definition) is 6. The lowest BCUT2D eigenvalue weighted by atomic mass is 9.97. The van der Waals surface area contributed by atoms with Gasteiger partial charge in [-0.2, -0.15) is 15.5 Å². The highest BCUT2D eigenvalue weighted by molar-refractivity contribution is 6.23. The minimum absolute atomic E-state index is 0.256. The number of methoxy groups -OCH3 is 1. The van der Waals surface area contributed by atoms with Crippen LogP contribution in [0.25, 0.3) is 0 Å². The van der Waals surface area contributed by atoms with Crippen LogP contribution in [0.5, 0.6) is 5.75 Å².